The number of fused-ring (bicyclic) bond motifs is 1. The van der Waals surface area contributed by atoms with Gasteiger partial charge in [0.1, 0.15) is 28.9 Å². The highest BCUT2D eigenvalue weighted by Crippen LogP contribution is 2.35. The van der Waals surface area contributed by atoms with Gasteiger partial charge in [0.05, 0.1) is 23.7 Å². The number of hydrogen-bond acceptors (Lipinski definition) is 8. The monoisotopic (exact) mass is 514 g/mol. The van der Waals surface area contributed by atoms with Crippen LogP contribution in [0.25, 0.3) is 11.0 Å². The highest BCUT2D eigenvalue weighted by atomic mass is 16.5. The standard InChI is InChI=1S/C27H30N8O3/c1-16(36)30-23-12-18(8-10-29-23)38-21-7-6-20-25(19(21)14-28)34(5)26(31-20)32-24-13-22(27(2,3)4)35(33-24)17-9-11-37-15-17/h6-8,10,12-13,17H,9,11,15H2,1-5H3,(H,29,30,36)(H,31,32,33)/t17-/m0/s1. The zero-order valence-electron chi connectivity index (χ0n) is 22.1. The first-order valence-corrected chi connectivity index (χ1v) is 12.4. The van der Waals surface area contributed by atoms with E-state index in [1.807, 2.05) is 23.7 Å². The average molecular weight is 515 g/mol. The molecule has 1 saturated heterocycles. The van der Waals surface area contributed by atoms with Crippen molar-refractivity contribution in [3.63, 3.8) is 0 Å². The van der Waals surface area contributed by atoms with E-state index in [2.05, 4.69) is 47.1 Å². The first-order chi connectivity index (χ1) is 18.1. The van der Waals surface area contributed by atoms with Crippen LogP contribution in [0, 0.1) is 11.3 Å². The van der Waals surface area contributed by atoms with Gasteiger partial charge in [0.25, 0.3) is 0 Å². The number of carbonyl (C=O) groups is 1. The Morgan fingerprint density at radius 3 is 2.74 bits per heavy atom. The normalized spacial score (nSPS) is 15.4. The number of hydrogen-bond donors (Lipinski definition) is 2. The highest BCUT2D eigenvalue weighted by Gasteiger charge is 2.28. The predicted molar refractivity (Wildman–Crippen MR) is 143 cm³/mol. The zero-order chi connectivity index (χ0) is 27.0. The van der Waals surface area contributed by atoms with Crippen LogP contribution in [-0.2, 0) is 22.0 Å². The van der Waals surface area contributed by atoms with E-state index in [-0.39, 0.29) is 17.4 Å². The summed E-state index contributed by atoms with van der Waals surface area (Å²) in [5.41, 5.74) is 2.62. The summed E-state index contributed by atoms with van der Waals surface area (Å²) >= 11 is 0. The fourth-order valence-corrected chi connectivity index (χ4v) is 4.57. The SMILES string of the molecule is CC(=O)Nc1cc(Oc2ccc3nc(Nc4cc(C(C)(C)C)n([C@H]5CCOC5)n4)n(C)c3c2C#N)ccn1. The number of anilines is 3. The van der Waals surface area contributed by atoms with Gasteiger partial charge in [-0.2, -0.15) is 10.4 Å². The lowest BCUT2D eigenvalue weighted by Gasteiger charge is -2.22. The van der Waals surface area contributed by atoms with Crippen LogP contribution in [0.5, 0.6) is 11.5 Å². The summed E-state index contributed by atoms with van der Waals surface area (Å²) in [7, 11) is 1.84. The molecule has 5 rings (SSSR count). The smallest absolute Gasteiger partial charge is 0.222 e. The Hall–Kier alpha value is -4.43. The molecule has 1 atom stereocenters. The molecule has 38 heavy (non-hydrogen) atoms. The lowest BCUT2D eigenvalue weighted by molar-refractivity contribution is -0.114. The summed E-state index contributed by atoms with van der Waals surface area (Å²) in [5.74, 6) is 2.17. The molecular formula is C27H30N8O3. The Bertz CT molecular complexity index is 1550. The van der Waals surface area contributed by atoms with Crippen LogP contribution in [0.4, 0.5) is 17.6 Å². The van der Waals surface area contributed by atoms with Crippen LogP contribution in [0.15, 0.2) is 36.5 Å². The van der Waals surface area contributed by atoms with Crippen molar-refractivity contribution in [2.45, 2.75) is 45.6 Å². The van der Waals surface area contributed by atoms with Crippen molar-refractivity contribution in [3.05, 3.63) is 47.8 Å². The lowest BCUT2D eigenvalue weighted by Crippen LogP contribution is -2.22. The number of carbonyl (C=O) groups excluding carboxylic acids is 1. The minimum Gasteiger partial charge on any atom is -0.456 e. The minimum absolute atomic E-state index is 0.102. The summed E-state index contributed by atoms with van der Waals surface area (Å²) in [4.78, 5) is 20.2. The summed E-state index contributed by atoms with van der Waals surface area (Å²) in [5, 5.41) is 20.9. The lowest BCUT2D eigenvalue weighted by atomic mass is 9.91. The molecule has 2 N–H and O–H groups in total. The van der Waals surface area contributed by atoms with Crippen LogP contribution >= 0.6 is 0 Å². The topological polar surface area (TPSA) is 132 Å². The third-order valence-corrected chi connectivity index (χ3v) is 6.37. The van der Waals surface area contributed by atoms with Crippen molar-refractivity contribution in [1.29, 1.82) is 5.26 Å². The molecule has 4 heterocycles. The molecule has 4 aromatic rings. The van der Waals surface area contributed by atoms with Crippen molar-refractivity contribution in [2.75, 3.05) is 23.8 Å². The number of aryl methyl sites for hydroxylation is 1. The summed E-state index contributed by atoms with van der Waals surface area (Å²) < 4.78 is 15.5. The second-order valence-corrected chi connectivity index (χ2v) is 10.3. The molecule has 1 aromatic carbocycles. The molecule has 3 aromatic heterocycles. The Labute approximate surface area is 220 Å². The number of imidazole rings is 1. The summed E-state index contributed by atoms with van der Waals surface area (Å²) in [6.07, 6.45) is 2.45. The van der Waals surface area contributed by atoms with E-state index in [1.54, 1.807) is 18.2 Å². The number of aromatic nitrogens is 5. The van der Waals surface area contributed by atoms with Gasteiger partial charge in [0.2, 0.25) is 11.9 Å². The maximum Gasteiger partial charge on any atom is 0.222 e. The largest absolute Gasteiger partial charge is 0.456 e. The first-order valence-electron chi connectivity index (χ1n) is 12.4. The molecule has 11 heteroatoms. The van der Waals surface area contributed by atoms with Crippen molar-refractivity contribution in [2.24, 2.45) is 7.05 Å². The van der Waals surface area contributed by atoms with Gasteiger partial charge < -0.3 is 24.7 Å². The molecule has 0 unspecified atom stereocenters. The van der Waals surface area contributed by atoms with Gasteiger partial charge in [0.15, 0.2) is 5.82 Å². The zero-order valence-corrected chi connectivity index (χ0v) is 22.1. The second kappa shape index (κ2) is 9.79. The van der Waals surface area contributed by atoms with Crippen LogP contribution < -0.4 is 15.4 Å². The highest BCUT2D eigenvalue weighted by molar-refractivity contribution is 5.88. The van der Waals surface area contributed by atoms with E-state index in [0.29, 0.717) is 52.3 Å². The third-order valence-electron chi connectivity index (χ3n) is 6.37. The Morgan fingerprint density at radius 2 is 2.05 bits per heavy atom. The first kappa shape index (κ1) is 25.2. The van der Waals surface area contributed by atoms with Gasteiger partial charge in [-0.25, -0.2) is 9.97 Å². The average Bonchev–Trinajstić information content (AvgIpc) is 3.59. The van der Waals surface area contributed by atoms with Crippen LogP contribution in [0.2, 0.25) is 0 Å². The van der Waals surface area contributed by atoms with Crippen molar-refractivity contribution < 1.29 is 14.3 Å². The Morgan fingerprint density at radius 1 is 1.24 bits per heavy atom. The Balaban J connectivity index is 1.48. The van der Waals surface area contributed by atoms with E-state index in [9.17, 15) is 10.1 Å². The summed E-state index contributed by atoms with van der Waals surface area (Å²) in [6, 6.07) is 11.3. The molecule has 0 saturated carbocycles. The fourth-order valence-electron chi connectivity index (χ4n) is 4.57. The molecule has 1 amide bonds. The van der Waals surface area contributed by atoms with Crippen molar-refractivity contribution in [3.8, 4) is 17.6 Å². The van der Waals surface area contributed by atoms with Gasteiger partial charge in [0, 0.05) is 50.0 Å². The van der Waals surface area contributed by atoms with Gasteiger partial charge in [-0.3, -0.25) is 9.48 Å². The van der Waals surface area contributed by atoms with E-state index >= 15 is 0 Å². The number of amides is 1. The number of ether oxygens (including phenoxy) is 2. The van der Waals surface area contributed by atoms with E-state index in [1.165, 1.54) is 13.1 Å². The molecule has 0 bridgehead atoms. The summed E-state index contributed by atoms with van der Waals surface area (Å²) in [6.45, 7) is 9.28. The van der Waals surface area contributed by atoms with Crippen LogP contribution in [0.3, 0.4) is 0 Å². The molecule has 1 fully saturated rings. The van der Waals surface area contributed by atoms with Gasteiger partial charge >= 0.3 is 0 Å². The number of nitrogens with one attached hydrogen (secondary N) is 2. The Kier molecular flexibility index (Phi) is 6.50. The molecule has 1 aliphatic rings. The van der Waals surface area contributed by atoms with Gasteiger partial charge in [-0.05, 0) is 24.6 Å². The van der Waals surface area contributed by atoms with E-state index in [4.69, 9.17) is 19.6 Å². The molecular weight excluding hydrogens is 484 g/mol. The third kappa shape index (κ3) is 4.90. The quantitative estimate of drug-likeness (QED) is 0.375. The van der Waals surface area contributed by atoms with Crippen molar-refractivity contribution in [1.82, 2.24) is 24.3 Å². The predicted octanol–water partition coefficient (Wildman–Crippen LogP) is 4.79. The minimum atomic E-state index is -0.236. The molecule has 196 valence electrons. The number of pyridine rings is 1. The van der Waals surface area contributed by atoms with Gasteiger partial charge in [-0.15, -0.1) is 0 Å². The maximum atomic E-state index is 11.4. The van der Waals surface area contributed by atoms with Crippen LogP contribution in [0.1, 0.15) is 51.4 Å². The molecule has 11 nitrogen and oxygen atoms in total. The van der Waals surface area contributed by atoms with Crippen molar-refractivity contribution >= 4 is 34.5 Å². The molecule has 1 aliphatic heterocycles. The number of rotatable bonds is 6. The molecule has 0 radical (unpaired) electrons. The number of benzene rings is 1. The number of nitriles is 1. The maximum absolute atomic E-state index is 11.4. The molecule has 0 aliphatic carbocycles. The number of nitrogens with zero attached hydrogens (tertiary/aromatic N) is 6. The van der Waals surface area contributed by atoms with E-state index in [0.717, 1.165) is 18.7 Å². The van der Waals surface area contributed by atoms with E-state index < -0.39 is 0 Å². The fraction of sp³-hybridized carbons (Fsp3) is 0.370. The van der Waals surface area contributed by atoms with Gasteiger partial charge in [-0.1, -0.05) is 20.8 Å². The molecule has 0 spiro atoms. The van der Waals surface area contributed by atoms with Crippen LogP contribution in [-0.4, -0.2) is 43.4 Å². The second-order valence-electron chi connectivity index (χ2n) is 10.3.